The Hall–Kier alpha value is -1.29. The van der Waals surface area contributed by atoms with Gasteiger partial charge in [-0.2, -0.15) is 0 Å². The number of aromatic carboxylic acids is 1. The molecule has 1 aromatic rings. The van der Waals surface area contributed by atoms with Gasteiger partial charge in [0, 0.05) is 11.0 Å². The van der Waals surface area contributed by atoms with Gasteiger partial charge in [-0.25, -0.2) is 4.79 Å². The molecule has 1 aromatic heterocycles. The Labute approximate surface area is 82.2 Å². The molecule has 4 nitrogen and oxygen atoms in total. The van der Waals surface area contributed by atoms with Crippen molar-refractivity contribution in [2.45, 2.75) is 32.8 Å². The van der Waals surface area contributed by atoms with Crippen LogP contribution in [0.25, 0.3) is 0 Å². The van der Waals surface area contributed by atoms with Crippen LogP contribution in [0.5, 0.6) is 0 Å². The molecule has 0 aromatic carbocycles. The SMILES string of the molecule is CC(C)(C)c1oc(C(=O)O)cc1CO. The highest BCUT2D eigenvalue weighted by Gasteiger charge is 2.25. The van der Waals surface area contributed by atoms with Gasteiger partial charge in [-0.1, -0.05) is 20.8 Å². The van der Waals surface area contributed by atoms with Gasteiger partial charge in [0.05, 0.1) is 6.61 Å². The molecule has 0 radical (unpaired) electrons. The minimum Gasteiger partial charge on any atom is -0.475 e. The second kappa shape index (κ2) is 3.46. The van der Waals surface area contributed by atoms with Gasteiger partial charge in [0.2, 0.25) is 5.76 Å². The molecule has 0 aliphatic carbocycles. The average molecular weight is 198 g/mol. The van der Waals surface area contributed by atoms with Crippen molar-refractivity contribution in [2.24, 2.45) is 0 Å². The maximum atomic E-state index is 10.6. The van der Waals surface area contributed by atoms with Crippen LogP contribution in [0, 0.1) is 0 Å². The molecule has 1 rings (SSSR count). The Kier molecular flexibility index (Phi) is 2.66. The smallest absolute Gasteiger partial charge is 0.371 e. The zero-order chi connectivity index (χ0) is 10.9. The molecular formula is C10H14O4. The monoisotopic (exact) mass is 198 g/mol. The van der Waals surface area contributed by atoms with E-state index in [1.54, 1.807) is 0 Å². The van der Waals surface area contributed by atoms with Crippen molar-refractivity contribution in [3.63, 3.8) is 0 Å². The number of hydrogen-bond acceptors (Lipinski definition) is 3. The molecule has 0 aliphatic rings. The summed E-state index contributed by atoms with van der Waals surface area (Å²) in [7, 11) is 0. The van der Waals surface area contributed by atoms with Crippen LogP contribution in [-0.4, -0.2) is 16.2 Å². The maximum Gasteiger partial charge on any atom is 0.371 e. The quantitative estimate of drug-likeness (QED) is 0.759. The van der Waals surface area contributed by atoms with Crippen molar-refractivity contribution in [2.75, 3.05) is 0 Å². The van der Waals surface area contributed by atoms with Crippen molar-refractivity contribution in [3.05, 3.63) is 23.2 Å². The predicted molar refractivity (Wildman–Crippen MR) is 50.3 cm³/mol. The topological polar surface area (TPSA) is 70.7 Å². The van der Waals surface area contributed by atoms with Crippen molar-refractivity contribution in [1.29, 1.82) is 0 Å². The molecule has 4 heteroatoms. The van der Waals surface area contributed by atoms with Crippen LogP contribution in [0.3, 0.4) is 0 Å². The second-order valence-corrected chi connectivity index (χ2v) is 4.18. The summed E-state index contributed by atoms with van der Waals surface area (Å²) in [6.07, 6.45) is 0. The highest BCUT2D eigenvalue weighted by Crippen LogP contribution is 2.28. The average Bonchev–Trinajstić information content (AvgIpc) is 2.46. The third-order valence-electron chi connectivity index (χ3n) is 1.87. The van der Waals surface area contributed by atoms with Gasteiger partial charge in [-0.05, 0) is 6.07 Å². The van der Waals surface area contributed by atoms with Gasteiger partial charge in [0.15, 0.2) is 0 Å². The van der Waals surface area contributed by atoms with E-state index in [9.17, 15) is 4.79 Å². The maximum absolute atomic E-state index is 10.6. The number of carbonyl (C=O) groups is 1. The minimum absolute atomic E-state index is 0.126. The predicted octanol–water partition coefficient (Wildman–Crippen LogP) is 1.77. The summed E-state index contributed by atoms with van der Waals surface area (Å²) in [4.78, 5) is 10.6. The first-order valence-corrected chi connectivity index (χ1v) is 4.33. The lowest BCUT2D eigenvalue weighted by atomic mass is 9.91. The summed E-state index contributed by atoms with van der Waals surface area (Å²) in [5.74, 6) is -0.716. The third kappa shape index (κ3) is 1.96. The standard InChI is InChI=1S/C10H14O4/c1-10(2,3)8-6(5-11)4-7(14-8)9(12)13/h4,11H,5H2,1-3H3,(H,12,13). The molecule has 0 saturated carbocycles. The Morgan fingerprint density at radius 3 is 2.36 bits per heavy atom. The number of furan rings is 1. The highest BCUT2D eigenvalue weighted by molar-refractivity contribution is 5.84. The number of aliphatic hydroxyl groups excluding tert-OH is 1. The summed E-state index contributed by atoms with van der Waals surface area (Å²) in [5.41, 5.74) is 0.237. The molecule has 0 unspecified atom stereocenters. The minimum atomic E-state index is -1.12. The van der Waals surface area contributed by atoms with E-state index < -0.39 is 5.97 Å². The lowest BCUT2D eigenvalue weighted by Gasteiger charge is -2.16. The summed E-state index contributed by atoms with van der Waals surface area (Å²) >= 11 is 0. The van der Waals surface area contributed by atoms with Gasteiger partial charge in [0.25, 0.3) is 0 Å². The van der Waals surface area contributed by atoms with Gasteiger partial charge in [0.1, 0.15) is 5.76 Å². The lowest BCUT2D eigenvalue weighted by molar-refractivity contribution is 0.0658. The van der Waals surface area contributed by atoms with Crippen molar-refractivity contribution < 1.29 is 19.4 Å². The van der Waals surface area contributed by atoms with Crippen molar-refractivity contribution in [3.8, 4) is 0 Å². The van der Waals surface area contributed by atoms with Crippen molar-refractivity contribution >= 4 is 5.97 Å². The van der Waals surface area contributed by atoms with Gasteiger partial charge in [-0.3, -0.25) is 0 Å². The van der Waals surface area contributed by atoms with E-state index >= 15 is 0 Å². The fourth-order valence-corrected chi connectivity index (χ4v) is 1.29. The number of aliphatic hydroxyl groups is 1. The largest absolute Gasteiger partial charge is 0.475 e. The molecule has 0 amide bonds. The summed E-state index contributed by atoms with van der Waals surface area (Å²) < 4.78 is 5.17. The fraction of sp³-hybridized carbons (Fsp3) is 0.500. The van der Waals surface area contributed by atoms with Gasteiger partial charge in [-0.15, -0.1) is 0 Å². The van der Waals surface area contributed by atoms with Crippen LogP contribution in [0.1, 0.15) is 42.6 Å². The van der Waals surface area contributed by atoms with Crippen LogP contribution in [0.2, 0.25) is 0 Å². The first-order valence-electron chi connectivity index (χ1n) is 4.33. The van der Waals surface area contributed by atoms with Crippen LogP contribution >= 0.6 is 0 Å². The molecule has 1 heterocycles. The van der Waals surface area contributed by atoms with Crippen LogP contribution in [-0.2, 0) is 12.0 Å². The summed E-state index contributed by atoms with van der Waals surface area (Å²) in [5, 5.41) is 17.7. The molecular weight excluding hydrogens is 184 g/mol. The molecule has 0 aliphatic heterocycles. The van der Waals surface area contributed by atoms with E-state index in [4.69, 9.17) is 14.6 Å². The van der Waals surface area contributed by atoms with E-state index in [1.807, 2.05) is 20.8 Å². The summed E-state index contributed by atoms with van der Waals surface area (Å²) in [6, 6.07) is 1.36. The molecule has 14 heavy (non-hydrogen) atoms. The van der Waals surface area contributed by atoms with E-state index in [0.29, 0.717) is 11.3 Å². The third-order valence-corrected chi connectivity index (χ3v) is 1.87. The normalized spacial score (nSPS) is 11.7. The number of rotatable bonds is 2. The Balaban J connectivity index is 3.22. The van der Waals surface area contributed by atoms with E-state index in [0.717, 1.165) is 0 Å². The van der Waals surface area contributed by atoms with Crippen molar-refractivity contribution in [1.82, 2.24) is 0 Å². The molecule has 0 spiro atoms. The Bertz CT molecular complexity index is 343. The summed E-state index contributed by atoms with van der Waals surface area (Å²) in [6.45, 7) is 5.49. The zero-order valence-electron chi connectivity index (χ0n) is 8.50. The molecule has 0 bridgehead atoms. The number of carboxylic acids is 1. The zero-order valence-corrected chi connectivity index (χ0v) is 8.50. The fourth-order valence-electron chi connectivity index (χ4n) is 1.29. The molecule has 0 atom stereocenters. The Morgan fingerprint density at radius 1 is 1.50 bits per heavy atom. The number of hydrogen-bond donors (Lipinski definition) is 2. The molecule has 0 fully saturated rings. The van der Waals surface area contributed by atoms with E-state index in [1.165, 1.54) is 6.07 Å². The van der Waals surface area contributed by atoms with Crippen LogP contribution in [0.15, 0.2) is 10.5 Å². The molecule has 0 saturated heterocycles. The van der Waals surface area contributed by atoms with Crippen LogP contribution in [0.4, 0.5) is 0 Å². The second-order valence-electron chi connectivity index (χ2n) is 4.18. The molecule has 2 N–H and O–H groups in total. The van der Waals surface area contributed by atoms with Gasteiger partial charge < -0.3 is 14.6 Å². The number of carboxylic acid groups (broad SMARTS) is 1. The van der Waals surface area contributed by atoms with E-state index in [2.05, 4.69) is 0 Å². The van der Waals surface area contributed by atoms with Crippen LogP contribution < -0.4 is 0 Å². The first kappa shape index (κ1) is 10.8. The molecule has 78 valence electrons. The Morgan fingerprint density at radius 2 is 2.07 bits per heavy atom. The van der Waals surface area contributed by atoms with Gasteiger partial charge >= 0.3 is 5.97 Å². The first-order chi connectivity index (χ1) is 6.36. The lowest BCUT2D eigenvalue weighted by Crippen LogP contribution is -2.12. The highest BCUT2D eigenvalue weighted by atomic mass is 16.4. The van der Waals surface area contributed by atoms with E-state index in [-0.39, 0.29) is 17.8 Å².